The highest BCUT2D eigenvalue weighted by molar-refractivity contribution is 6.07. The zero-order chi connectivity index (χ0) is 22.0. The van der Waals surface area contributed by atoms with E-state index in [0.29, 0.717) is 17.1 Å². The summed E-state index contributed by atoms with van der Waals surface area (Å²) in [7, 11) is 1.57. The number of anilines is 1. The van der Waals surface area contributed by atoms with Crippen molar-refractivity contribution in [1.29, 1.82) is 0 Å². The molecular weight excluding hydrogens is 386 g/mol. The molecule has 30 heavy (non-hydrogen) atoms. The largest absolute Gasteiger partial charge is 0.497 e. The molecule has 0 saturated carbocycles. The van der Waals surface area contributed by atoms with E-state index in [0.717, 1.165) is 16.2 Å². The molecule has 1 aromatic heterocycles. The van der Waals surface area contributed by atoms with Crippen molar-refractivity contribution in [3.63, 3.8) is 0 Å². The second kappa shape index (κ2) is 8.56. The molecule has 1 aliphatic rings. The average Bonchev–Trinajstić information content (AvgIpc) is 3.13. The van der Waals surface area contributed by atoms with Crippen LogP contribution in [0.4, 0.5) is 10.5 Å². The summed E-state index contributed by atoms with van der Waals surface area (Å²) >= 11 is 0. The number of carbonyl (C=O) groups excluding carboxylic acids is 3. The van der Waals surface area contributed by atoms with E-state index in [-0.39, 0.29) is 24.9 Å². The van der Waals surface area contributed by atoms with Gasteiger partial charge in [-0.3, -0.25) is 19.2 Å². The Labute approximate surface area is 175 Å². The molecule has 9 heteroatoms. The normalized spacial score (nSPS) is 16.2. The maximum atomic E-state index is 12.7. The topological polar surface area (TPSA) is 106 Å². The van der Waals surface area contributed by atoms with Gasteiger partial charge in [-0.15, -0.1) is 0 Å². The van der Waals surface area contributed by atoms with Gasteiger partial charge in [-0.25, -0.2) is 4.79 Å². The monoisotopic (exact) mass is 413 g/mol. The highest BCUT2D eigenvalue weighted by atomic mass is 16.5. The van der Waals surface area contributed by atoms with Crippen LogP contribution < -0.4 is 15.4 Å². The Bertz CT molecular complexity index is 965. The van der Waals surface area contributed by atoms with Crippen LogP contribution in [0.25, 0.3) is 0 Å². The molecule has 4 amide bonds. The van der Waals surface area contributed by atoms with Gasteiger partial charge in [0.1, 0.15) is 11.8 Å². The van der Waals surface area contributed by atoms with E-state index in [1.54, 1.807) is 31.4 Å². The first kappa shape index (κ1) is 21.4. The standard InChI is InChI=1S/C21H27N5O4/c1-12(2)26-14(4)19(13(3)24-26)23-18(27)10-17-20(28)25(21(29)22-17)11-15-6-8-16(30-5)9-7-15/h6-9,12,17H,10-11H2,1-5H3,(H,22,29)(H,23,27)/t17-/m0/s1. The van der Waals surface area contributed by atoms with Gasteiger partial charge in [0.2, 0.25) is 5.91 Å². The summed E-state index contributed by atoms with van der Waals surface area (Å²) < 4.78 is 6.95. The molecule has 1 atom stereocenters. The lowest BCUT2D eigenvalue weighted by Gasteiger charge is -2.13. The third-order valence-electron chi connectivity index (χ3n) is 5.07. The second-order valence-corrected chi connectivity index (χ2v) is 7.61. The van der Waals surface area contributed by atoms with E-state index in [1.165, 1.54) is 0 Å². The van der Waals surface area contributed by atoms with Crippen molar-refractivity contribution in [2.24, 2.45) is 0 Å². The quantitative estimate of drug-likeness (QED) is 0.679. The fourth-order valence-corrected chi connectivity index (χ4v) is 3.50. The Balaban J connectivity index is 1.64. The van der Waals surface area contributed by atoms with Gasteiger partial charge in [0.05, 0.1) is 37.2 Å². The first-order valence-corrected chi connectivity index (χ1v) is 9.81. The zero-order valence-corrected chi connectivity index (χ0v) is 17.9. The van der Waals surface area contributed by atoms with Gasteiger partial charge >= 0.3 is 6.03 Å². The lowest BCUT2D eigenvalue weighted by Crippen LogP contribution is -2.34. The molecule has 2 heterocycles. The molecule has 0 unspecified atom stereocenters. The van der Waals surface area contributed by atoms with Crippen LogP contribution in [0.15, 0.2) is 24.3 Å². The maximum Gasteiger partial charge on any atom is 0.325 e. The van der Waals surface area contributed by atoms with Crippen molar-refractivity contribution in [3.05, 3.63) is 41.2 Å². The third-order valence-corrected chi connectivity index (χ3v) is 5.07. The van der Waals surface area contributed by atoms with Gasteiger partial charge in [0.15, 0.2) is 0 Å². The van der Waals surface area contributed by atoms with E-state index < -0.39 is 18.0 Å². The van der Waals surface area contributed by atoms with Crippen molar-refractivity contribution in [1.82, 2.24) is 20.0 Å². The first-order valence-electron chi connectivity index (χ1n) is 9.81. The Morgan fingerprint density at radius 2 is 1.90 bits per heavy atom. The molecule has 1 aromatic carbocycles. The number of carbonyl (C=O) groups is 3. The van der Waals surface area contributed by atoms with Crippen LogP contribution in [0.2, 0.25) is 0 Å². The zero-order valence-electron chi connectivity index (χ0n) is 17.9. The van der Waals surface area contributed by atoms with Gasteiger partial charge in [-0.05, 0) is 45.4 Å². The number of hydrogen-bond donors (Lipinski definition) is 2. The summed E-state index contributed by atoms with van der Waals surface area (Å²) in [4.78, 5) is 38.6. The average molecular weight is 413 g/mol. The molecule has 0 aliphatic carbocycles. The molecule has 1 aliphatic heterocycles. The Hall–Kier alpha value is -3.36. The number of rotatable bonds is 7. The SMILES string of the molecule is COc1ccc(CN2C(=O)N[C@@H](CC(=O)Nc3c(C)nn(C(C)C)c3C)C2=O)cc1. The minimum atomic E-state index is -0.892. The first-order chi connectivity index (χ1) is 14.2. The number of amides is 4. The Morgan fingerprint density at radius 1 is 1.23 bits per heavy atom. The lowest BCUT2D eigenvalue weighted by molar-refractivity contribution is -0.130. The van der Waals surface area contributed by atoms with Crippen molar-refractivity contribution >= 4 is 23.5 Å². The summed E-state index contributed by atoms with van der Waals surface area (Å²) in [6.07, 6.45) is -0.143. The van der Waals surface area contributed by atoms with Crippen LogP contribution in [0, 0.1) is 13.8 Å². The predicted octanol–water partition coefficient (Wildman–Crippen LogP) is 2.54. The minimum Gasteiger partial charge on any atom is -0.497 e. The number of nitrogens with one attached hydrogen (secondary N) is 2. The van der Waals surface area contributed by atoms with Crippen LogP contribution in [0.3, 0.4) is 0 Å². The summed E-state index contributed by atoms with van der Waals surface area (Å²) in [6.45, 7) is 7.85. The summed E-state index contributed by atoms with van der Waals surface area (Å²) in [5.74, 6) is -0.0800. The summed E-state index contributed by atoms with van der Waals surface area (Å²) in [6, 6.07) is 5.87. The number of nitrogens with zero attached hydrogens (tertiary/aromatic N) is 3. The molecule has 0 radical (unpaired) electrons. The smallest absolute Gasteiger partial charge is 0.325 e. The van der Waals surface area contributed by atoms with E-state index in [9.17, 15) is 14.4 Å². The minimum absolute atomic E-state index is 0.131. The fraction of sp³-hybridized carbons (Fsp3) is 0.429. The van der Waals surface area contributed by atoms with Crippen molar-refractivity contribution in [2.75, 3.05) is 12.4 Å². The molecule has 3 rings (SSSR count). The van der Waals surface area contributed by atoms with Gasteiger partial charge in [-0.1, -0.05) is 12.1 Å². The van der Waals surface area contributed by atoms with Gasteiger partial charge in [0, 0.05) is 6.04 Å². The van der Waals surface area contributed by atoms with Crippen molar-refractivity contribution < 1.29 is 19.1 Å². The van der Waals surface area contributed by atoms with E-state index in [4.69, 9.17) is 4.74 Å². The van der Waals surface area contributed by atoms with Gasteiger partial charge < -0.3 is 15.4 Å². The van der Waals surface area contributed by atoms with Crippen LogP contribution in [0.5, 0.6) is 5.75 Å². The van der Waals surface area contributed by atoms with Crippen LogP contribution in [-0.4, -0.2) is 45.7 Å². The summed E-state index contributed by atoms with van der Waals surface area (Å²) in [5.41, 5.74) is 2.98. The van der Waals surface area contributed by atoms with Crippen molar-refractivity contribution in [3.8, 4) is 5.75 Å². The Kier molecular flexibility index (Phi) is 6.09. The van der Waals surface area contributed by atoms with E-state index in [2.05, 4.69) is 15.7 Å². The highest BCUT2D eigenvalue weighted by Crippen LogP contribution is 2.23. The van der Waals surface area contributed by atoms with Gasteiger partial charge in [-0.2, -0.15) is 5.10 Å². The number of hydrogen-bond acceptors (Lipinski definition) is 5. The van der Waals surface area contributed by atoms with Crippen LogP contribution in [0.1, 0.15) is 43.3 Å². The molecular formula is C21H27N5O4. The molecule has 9 nitrogen and oxygen atoms in total. The van der Waals surface area contributed by atoms with Crippen LogP contribution in [-0.2, 0) is 16.1 Å². The van der Waals surface area contributed by atoms with E-state index in [1.807, 2.05) is 32.4 Å². The molecule has 160 valence electrons. The number of benzene rings is 1. The highest BCUT2D eigenvalue weighted by Gasteiger charge is 2.39. The van der Waals surface area contributed by atoms with E-state index >= 15 is 0 Å². The number of aryl methyl sites for hydroxylation is 1. The maximum absolute atomic E-state index is 12.7. The fourth-order valence-electron chi connectivity index (χ4n) is 3.50. The van der Waals surface area contributed by atoms with Crippen molar-refractivity contribution in [2.45, 2.75) is 52.7 Å². The number of ether oxygens (including phenoxy) is 1. The number of urea groups is 1. The number of imide groups is 1. The number of methoxy groups -OCH3 is 1. The molecule has 1 saturated heterocycles. The van der Waals surface area contributed by atoms with Crippen LogP contribution >= 0.6 is 0 Å². The van der Waals surface area contributed by atoms with Gasteiger partial charge in [0.25, 0.3) is 5.91 Å². The lowest BCUT2D eigenvalue weighted by atomic mass is 10.1. The molecule has 1 fully saturated rings. The number of aromatic nitrogens is 2. The second-order valence-electron chi connectivity index (χ2n) is 7.61. The predicted molar refractivity (Wildman–Crippen MR) is 111 cm³/mol. The third kappa shape index (κ3) is 4.29. The Morgan fingerprint density at radius 3 is 2.47 bits per heavy atom. The molecule has 2 N–H and O–H groups in total. The molecule has 2 aromatic rings. The molecule has 0 spiro atoms. The molecule has 0 bridgehead atoms. The summed E-state index contributed by atoms with van der Waals surface area (Å²) in [5, 5.41) is 9.87.